The summed E-state index contributed by atoms with van der Waals surface area (Å²) in [5.41, 5.74) is 0.530. The van der Waals surface area contributed by atoms with Crippen molar-refractivity contribution in [3.63, 3.8) is 0 Å². The number of rotatable bonds is 5. The van der Waals surface area contributed by atoms with Crippen LogP contribution < -0.4 is 5.32 Å². The van der Waals surface area contributed by atoms with E-state index in [2.05, 4.69) is 10.1 Å². The van der Waals surface area contributed by atoms with Crippen LogP contribution in [0.1, 0.15) is 29.6 Å². The van der Waals surface area contributed by atoms with Crippen LogP contribution in [-0.2, 0) is 9.53 Å². The lowest BCUT2D eigenvalue weighted by Crippen LogP contribution is -2.43. The Morgan fingerprint density at radius 2 is 2.16 bits per heavy atom. The second-order valence-electron chi connectivity index (χ2n) is 4.86. The van der Waals surface area contributed by atoms with E-state index < -0.39 is 17.4 Å². The Morgan fingerprint density at radius 1 is 1.42 bits per heavy atom. The van der Waals surface area contributed by atoms with Crippen LogP contribution in [0.15, 0.2) is 24.3 Å². The molecular formula is C14H17NO4. The number of anilines is 1. The summed E-state index contributed by atoms with van der Waals surface area (Å²) in [6, 6.07) is 6.87. The predicted octanol–water partition coefficient (Wildman–Crippen LogP) is 2.14. The van der Waals surface area contributed by atoms with Crippen LogP contribution >= 0.6 is 0 Å². The van der Waals surface area contributed by atoms with Crippen molar-refractivity contribution < 1.29 is 19.4 Å². The highest BCUT2D eigenvalue weighted by atomic mass is 16.5. The Labute approximate surface area is 111 Å². The predicted molar refractivity (Wildman–Crippen MR) is 70.2 cm³/mol. The van der Waals surface area contributed by atoms with Crippen molar-refractivity contribution in [2.75, 3.05) is 19.0 Å². The molecule has 0 bridgehead atoms. The summed E-state index contributed by atoms with van der Waals surface area (Å²) in [5, 5.41) is 12.3. The number of hydrogen-bond acceptors (Lipinski definition) is 4. The van der Waals surface area contributed by atoms with Gasteiger partial charge in [-0.25, -0.2) is 4.79 Å². The molecule has 2 N–H and O–H groups in total. The monoisotopic (exact) mass is 263 g/mol. The Morgan fingerprint density at radius 3 is 2.68 bits per heavy atom. The van der Waals surface area contributed by atoms with Gasteiger partial charge in [-0.2, -0.15) is 0 Å². The van der Waals surface area contributed by atoms with Crippen LogP contribution in [0.3, 0.4) is 0 Å². The van der Waals surface area contributed by atoms with Crippen molar-refractivity contribution >= 4 is 17.6 Å². The van der Waals surface area contributed by atoms with E-state index in [0.29, 0.717) is 24.9 Å². The van der Waals surface area contributed by atoms with Gasteiger partial charge in [0.25, 0.3) is 0 Å². The van der Waals surface area contributed by atoms with Gasteiger partial charge in [0.05, 0.1) is 18.1 Å². The maximum atomic E-state index is 11.4. The number of carboxylic acids is 1. The minimum absolute atomic E-state index is 0.382. The zero-order valence-corrected chi connectivity index (χ0v) is 10.8. The van der Waals surface area contributed by atoms with Crippen LogP contribution in [0.25, 0.3) is 0 Å². The number of carbonyl (C=O) groups excluding carboxylic acids is 1. The summed E-state index contributed by atoms with van der Waals surface area (Å²) in [6.07, 6.45) is 2.36. The van der Waals surface area contributed by atoms with E-state index in [-0.39, 0.29) is 0 Å². The Hall–Kier alpha value is -2.04. The van der Waals surface area contributed by atoms with Gasteiger partial charge in [0.1, 0.15) is 0 Å². The van der Waals surface area contributed by atoms with Gasteiger partial charge in [-0.05, 0) is 31.0 Å². The maximum Gasteiger partial charge on any atom is 0.337 e. The second-order valence-corrected chi connectivity index (χ2v) is 4.86. The first-order valence-corrected chi connectivity index (χ1v) is 6.23. The van der Waals surface area contributed by atoms with Crippen LogP contribution in [-0.4, -0.2) is 30.7 Å². The lowest BCUT2D eigenvalue weighted by Gasteiger charge is -2.37. The molecule has 0 aliphatic heterocycles. The summed E-state index contributed by atoms with van der Waals surface area (Å²) in [7, 11) is 1.33. The standard InChI is InChI=1S/C14H17NO4/c1-19-12(16)10-4-2-5-11(8-10)15-9-14(13(17)18)6-3-7-14/h2,4-5,8,15H,3,6-7,9H2,1H3,(H,17,18). The molecule has 2 rings (SSSR count). The molecule has 19 heavy (non-hydrogen) atoms. The van der Waals surface area contributed by atoms with E-state index >= 15 is 0 Å². The van der Waals surface area contributed by atoms with Crippen molar-refractivity contribution in [3.8, 4) is 0 Å². The first-order valence-electron chi connectivity index (χ1n) is 6.23. The van der Waals surface area contributed by atoms with E-state index in [1.165, 1.54) is 7.11 Å². The lowest BCUT2D eigenvalue weighted by atomic mass is 9.69. The number of carboxylic acid groups (broad SMARTS) is 1. The fourth-order valence-electron chi connectivity index (χ4n) is 2.22. The van der Waals surface area contributed by atoms with Crippen LogP contribution in [0, 0.1) is 5.41 Å². The Bertz CT molecular complexity index is 494. The highest BCUT2D eigenvalue weighted by molar-refractivity contribution is 5.90. The van der Waals surface area contributed by atoms with E-state index in [1.54, 1.807) is 24.3 Å². The van der Waals surface area contributed by atoms with E-state index in [0.717, 1.165) is 12.1 Å². The van der Waals surface area contributed by atoms with Crippen LogP contribution in [0.2, 0.25) is 0 Å². The van der Waals surface area contributed by atoms with Gasteiger partial charge in [-0.3, -0.25) is 4.79 Å². The average molecular weight is 263 g/mol. The molecule has 0 heterocycles. The van der Waals surface area contributed by atoms with E-state index in [9.17, 15) is 14.7 Å². The van der Waals surface area contributed by atoms with Gasteiger partial charge in [-0.1, -0.05) is 12.5 Å². The molecule has 0 aromatic heterocycles. The smallest absolute Gasteiger partial charge is 0.337 e. The molecule has 1 saturated carbocycles. The van der Waals surface area contributed by atoms with Crippen LogP contribution in [0.4, 0.5) is 5.69 Å². The SMILES string of the molecule is COC(=O)c1cccc(NCC2(C(=O)O)CCC2)c1. The fourth-order valence-corrected chi connectivity index (χ4v) is 2.22. The molecular weight excluding hydrogens is 246 g/mol. The molecule has 1 fully saturated rings. The van der Waals surface area contributed by atoms with Gasteiger partial charge in [0, 0.05) is 12.2 Å². The highest BCUT2D eigenvalue weighted by Crippen LogP contribution is 2.41. The largest absolute Gasteiger partial charge is 0.481 e. The van der Waals surface area contributed by atoms with Crippen LogP contribution in [0.5, 0.6) is 0 Å². The number of ether oxygens (including phenoxy) is 1. The van der Waals surface area contributed by atoms with Gasteiger partial charge in [0.2, 0.25) is 0 Å². The molecule has 5 heteroatoms. The molecule has 0 spiro atoms. The number of carbonyl (C=O) groups is 2. The van der Waals surface area contributed by atoms with E-state index in [4.69, 9.17) is 0 Å². The average Bonchev–Trinajstić information content (AvgIpc) is 2.36. The molecule has 102 valence electrons. The number of esters is 1. The molecule has 1 aliphatic rings. The Kier molecular flexibility index (Phi) is 3.74. The van der Waals surface area contributed by atoms with Crippen molar-refractivity contribution in [2.45, 2.75) is 19.3 Å². The highest BCUT2D eigenvalue weighted by Gasteiger charge is 2.44. The zero-order chi connectivity index (χ0) is 13.9. The number of nitrogens with one attached hydrogen (secondary N) is 1. The third kappa shape index (κ3) is 2.70. The summed E-state index contributed by atoms with van der Waals surface area (Å²) < 4.78 is 4.65. The van der Waals surface area contributed by atoms with Gasteiger partial charge < -0.3 is 15.2 Å². The second kappa shape index (κ2) is 5.30. The summed E-state index contributed by atoms with van der Waals surface area (Å²) in [4.78, 5) is 22.6. The number of hydrogen-bond donors (Lipinski definition) is 2. The number of methoxy groups -OCH3 is 1. The molecule has 0 saturated heterocycles. The summed E-state index contributed by atoms with van der Waals surface area (Å²) >= 11 is 0. The van der Waals surface area contributed by atoms with Crippen molar-refractivity contribution in [2.24, 2.45) is 5.41 Å². The lowest BCUT2D eigenvalue weighted by molar-refractivity contribution is -0.153. The minimum atomic E-state index is -0.754. The normalized spacial score (nSPS) is 16.3. The number of benzene rings is 1. The van der Waals surface area contributed by atoms with Gasteiger partial charge in [0.15, 0.2) is 0 Å². The summed E-state index contributed by atoms with van der Waals surface area (Å²) in [5.74, 6) is -1.16. The zero-order valence-electron chi connectivity index (χ0n) is 10.8. The first kappa shape index (κ1) is 13.4. The van der Waals surface area contributed by atoms with Crippen molar-refractivity contribution in [1.29, 1.82) is 0 Å². The van der Waals surface area contributed by atoms with Gasteiger partial charge in [-0.15, -0.1) is 0 Å². The molecule has 5 nitrogen and oxygen atoms in total. The maximum absolute atomic E-state index is 11.4. The minimum Gasteiger partial charge on any atom is -0.481 e. The fraction of sp³-hybridized carbons (Fsp3) is 0.429. The molecule has 0 amide bonds. The molecule has 1 aromatic carbocycles. The third-order valence-corrected chi connectivity index (χ3v) is 3.68. The quantitative estimate of drug-likeness (QED) is 0.796. The molecule has 0 atom stereocenters. The molecule has 1 aromatic rings. The topological polar surface area (TPSA) is 75.6 Å². The molecule has 0 radical (unpaired) electrons. The van der Waals surface area contributed by atoms with Crippen molar-refractivity contribution in [3.05, 3.63) is 29.8 Å². The summed E-state index contributed by atoms with van der Waals surface area (Å²) in [6.45, 7) is 0.382. The molecule has 0 unspecified atom stereocenters. The Balaban J connectivity index is 2.03. The number of aliphatic carboxylic acids is 1. The van der Waals surface area contributed by atoms with E-state index in [1.807, 2.05) is 0 Å². The van der Waals surface area contributed by atoms with Crippen molar-refractivity contribution in [1.82, 2.24) is 0 Å². The molecule has 1 aliphatic carbocycles. The third-order valence-electron chi connectivity index (χ3n) is 3.68. The van der Waals surface area contributed by atoms with Gasteiger partial charge >= 0.3 is 11.9 Å². The first-order chi connectivity index (χ1) is 9.07.